The highest BCUT2D eigenvalue weighted by molar-refractivity contribution is 6.31. The Balaban J connectivity index is 1.29. The predicted molar refractivity (Wildman–Crippen MR) is 144 cm³/mol. The van der Waals surface area contributed by atoms with E-state index in [1.807, 2.05) is 20.0 Å². The first-order valence-electron chi connectivity index (χ1n) is 12.8. The lowest BCUT2D eigenvalue weighted by Gasteiger charge is -2.43. The van der Waals surface area contributed by atoms with E-state index in [0.29, 0.717) is 11.6 Å². The number of pyridine rings is 2. The Kier molecular flexibility index (Phi) is 5.83. The van der Waals surface area contributed by atoms with Gasteiger partial charge < -0.3 is 20.3 Å². The number of ether oxygens (including phenoxy) is 1. The molecule has 2 aromatic heterocycles. The number of benzene rings is 1. The highest BCUT2D eigenvalue weighted by Crippen LogP contribution is 2.41. The molecule has 0 saturated carbocycles. The van der Waals surface area contributed by atoms with Crippen molar-refractivity contribution in [1.82, 2.24) is 14.9 Å². The van der Waals surface area contributed by atoms with Crippen molar-refractivity contribution < 1.29 is 4.74 Å². The largest absolute Gasteiger partial charge is 0.380 e. The number of hydrogen-bond acceptors (Lipinski definition) is 8. The fourth-order valence-corrected chi connectivity index (χ4v) is 6.27. The SMILES string of the molecule is Bc1ccc2c(N3C[C@@H](C)N4Cc5nc(N6CC[C@H](OC)[C@@H](N)C6)ccc5[C@H]4C3)ccc(C#N)c2n1. The zero-order valence-electron chi connectivity index (χ0n) is 21.2. The van der Waals surface area contributed by atoms with Crippen LogP contribution in [0.15, 0.2) is 36.4 Å². The Bertz CT molecular complexity index is 1360. The molecule has 0 bridgehead atoms. The Morgan fingerprint density at radius 3 is 2.72 bits per heavy atom. The van der Waals surface area contributed by atoms with E-state index in [0.717, 1.165) is 67.1 Å². The summed E-state index contributed by atoms with van der Waals surface area (Å²) in [5, 5.41) is 10.7. The molecule has 3 aliphatic heterocycles. The minimum atomic E-state index is -0.000706. The highest BCUT2D eigenvalue weighted by atomic mass is 16.5. The summed E-state index contributed by atoms with van der Waals surface area (Å²) in [7, 11) is 3.71. The van der Waals surface area contributed by atoms with E-state index in [4.69, 9.17) is 20.4 Å². The number of methoxy groups -OCH3 is 1. The lowest BCUT2D eigenvalue weighted by atomic mass is 9.98. The van der Waals surface area contributed by atoms with Gasteiger partial charge in [0.2, 0.25) is 0 Å². The van der Waals surface area contributed by atoms with Gasteiger partial charge in [-0.15, -0.1) is 0 Å². The average molecular weight is 481 g/mol. The quantitative estimate of drug-likeness (QED) is 0.556. The van der Waals surface area contributed by atoms with Gasteiger partial charge in [-0.3, -0.25) is 9.88 Å². The normalized spacial score (nSPS) is 26.1. The summed E-state index contributed by atoms with van der Waals surface area (Å²) >= 11 is 0. The van der Waals surface area contributed by atoms with Gasteiger partial charge in [-0.2, -0.15) is 5.26 Å². The van der Waals surface area contributed by atoms with Crippen LogP contribution in [0, 0.1) is 11.3 Å². The molecule has 2 fully saturated rings. The minimum absolute atomic E-state index is 0.000706. The van der Waals surface area contributed by atoms with E-state index in [2.05, 4.69) is 52.0 Å². The highest BCUT2D eigenvalue weighted by Gasteiger charge is 2.40. The van der Waals surface area contributed by atoms with Gasteiger partial charge in [-0.25, -0.2) is 4.98 Å². The number of piperidine rings is 1. The summed E-state index contributed by atoms with van der Waals surface area (Å²) in [5.74, 6) is 1.02. The molecule has 6 rings (SSSR count). The molecule has 0 unspecified atom stereocenters. The summed E-state index contributed by atoms with van der Waals surface area (Å²) in [5.41, 5.74) is 12.3. The van der Waals surface area contributed by atoms with Crippen molar-refractivity contribution in [2.45, 2.75) is 44.1 Å². The van der Waals surface area contributed by atoms with Crippen molar-refractivity contribution >= 4 is 35.8 Å². The zero-order valence-corrected chi connectivity index (χ0v) is 21.2. The van der Waals surface area contributed by atoms with E-state index < -0.39 is 0 Å². The fraction of sp³-hybridized carbons (Fsp3) is 0.444. The number of hydrogen-bond donors (Lipinski definition) is 1. The number of rotatable bonds is 3. The van der Waals surface area contributed by atoms with E-state index in [9.17, 15) is 5.26 Å². The van der Waals surface area contributed by atoms with Crippen molar-refractivity contribution in [3.8, 4) is 6.07 Å². The van der Waals surface area contributed by atoms with Gasteiger partial charge in [0.1, 0.15) is 11.9 Å². The molecule has 4 atom stereocenters. The number of nitrogens with two attached hydrogens (primary N) is 1. The van der Waals surface area contributed by atoms with Gasteiger partial charge >= 0.3 is 0 Å². The van der Waals surface area contributed by atoms with Crippen LogP contribution in [0.5, 0.6) is 0 Å². The van der Waals surface area contributed by atoms with Crippen LogP contribution in [-0.2, 0) is 11.3 Å². The third-order valence-corrected chi connectivity index (χ3v) is 8.18. The second kappa shape index (κ2) is 9.04. The molecule has 8 nitrogen and oxygen atoms in total. The summed E-state index contributed by atoms with van der Waals surface area (Å²) in [6.07, 6.45) is 1.04. The van der Waals surface area contributed by atoms with Gasteiger partial charge in [0.05, 0.1) is 28.9 Å². The summed E-state index contributed by atoms with van der Waals surface area (Å²) in [6, 6.07) is 15.5. The Labute approximate surface area is 213 Å². The molecule has 5 heterocycles. The monoisotopic (exact) mass is 481 g/mol. The molecule has 0 aliphatic carbocycles. The molecule has 2 N–H and O–H groups in total. The molecule has 36 heavy (non-hydrogen) atoms. The molecule has 3 aliphatic rings. The van der Waals surface area contributed by atoms with E-state index in [1.165, 1.54) is 11.3 Å². The number of fused-ring (bicyclic) bond motifs is 4. The number of piperazine rings is 1. The zero-order chi connectivity index (χ0) is 25.0. The molecule has 1 aromatic carbocycles. The molecule has 184 valence electrons. The minimum Gasteiger partial charge on any atom is -0.380 e. The predicted octanol–water partition coefficient (Wildman–Crippen LogP) is 1.08. The number of anilines is 2. The van der Waals surface area contributed by atoms with Crippen molar-refractivity contribution in [2.24, 2.45) is 5.73 Å². The summed E-state index contributed by atoms with van der Waals surface area (Å²) < 4.78 is 5.53. The van der Waals surface area contributed by atoms with Gasteiger partial charge in [-0.1, -0.05) is 12.1 Å². The average Bonchev–Trinajstić information content (AvgIpc) is 3.26. The first kappa shape index (κ1) is 23.2. The third kappa shape index (κ3) is 3.81. The van der Waals surface area contributed by atoms with Gasteiger partial charge in [-0.05, 0) is 48.8 Å². The van der Waals surface area contributed by atoms with E-state index in [1.54, 1.807) is 7.11 Å². The Hall–Kier alpha value is -3.19. The third-order valence-electron chi connectivity index (χ3n) is 8.18. The fourth-order valence-electron chi connectivity index (χ4n) is 6.27. The van der Waals surface area contributed by atoms with Crippen LogP contribution >= 0.6 is 0 Å². The van der Waals surface area contributed by atoms with Crippen LogP contribution < -0.4 is 21.1 Å². The molecule has 0 spiro atoms. The van der Waals surface area contributed by atoms with Crippen molar-refractivity contribution in [3.63, 3.8) is 0 Å². The van der Waals surface area contributed by atoms with Crippen LogP contribution in [0.2, 0.25) is 0 Å². The molecule has 3 aromatic rings. The second-order valence-corrected chi connectivity index (χ2v) is 10.4. The molecular formula is C27H32BN7O. The van der Waals surface area contributed by atoms with Crippen LogP contribution in [0.1, 0.15) is 36.2 Å². The Morgan fingerprint density at radius 1 is 1.08 bits per heavy atom. The molecule has 0 amide bonds. The van der Waals surface area contributed by atoms with Crippen molar-refractivity contribution in [1.29, 1.82) is 5.26 Å². The molecule has 9 heteroatoms. The summed E-state index contributed by atoms with van der Waals surface area (Å²) in [4.78, 5) is 17.2. The number of aromatic nitrogens is 2. The number of nitriles is 1. The first-order chi connectivity index (χ1) is 17.5. The molecular weight excluding hydrogens is 449 g/mol. The lowest BCUT2D eigenvalue weighted by molar-refractivity contribution is 0.0663. The maximum Gasteiger partial charge on any atom is 0.163 e. The molecule has 0 radical (unpaired) electrons. The van der Waals surface area contributed by atoms with Gasteiger partial charge in [0.15, 0.2) is 7.85 Å². The topological polar surface area (TPSA) is 94.5 Å². The molecule has 2 saturated heterocycles. The van der Waals surface area contributed by atoms with Crippen LogP contribution in [0.25, 0.3) is 10.9 Å². The maximum absolute atomic E-state index is 9.62. The Morgan fingerprint density at radius 2 is 1.94 bits per heavy atom. The van der Waals surface area contributed by atoms with Crippen molar-refractivity contribution in [2.75, 3.05) is 43.1 Å². The van der Waals surface area contributed by atoms with Gasteiger partial charge in [0.25, 0.3) is 0 Å². The first-order valence-corrected chi connectivity index (χ1v) is 12.8. The second-order valence-electron chi connectivity index (χ2n) is 10.4. The van der Waals surface area contributed by atoms with Crippen LogP contribution in [-0.4, -0.2) is 74.2 Å². The number of nitrogens with zero attached hydrogens (tertiary/aromatic N) is 6. The van der Waals surface area contributed by atoms with Crippen LogP contribution in [0.3, 0.4) is 0 Å². The maximum atomic E-state index is 9.62. The van der Waals surface area contributed by atoms with E-state index >= 15 is 0 Å². The van der Waals surface area contributed by atoms with Crippen LogP contribution in [0.4, 0.5) is 11.5 Å². The smallest absolute Gasteiger partial charge is 0.163 e. The lowest BCUT2D eigenvalue weighted by Crippen LogP contribution is -2.52. The standard InChI is InChI=1S/C27H32BN7O/c1-16-12-34(22-6-3-17(11-29)27-19(22)4-7-25(28)32-27)15-23-18-5-8-26(31-21(18)14-35(16)23)33-10-9-24(36-2)20(30)13-33/h3-8,16,20,23-24H,9-10,12-15,28,30H2,1-2H3/t16-,20+,23-,24+/m1/s1. The van der Waals surface area contributed by atoms with Crippen molar-refractivity contribution in [3.05, 3.63) is 53.2 Å². The van der Waals surface area contributed by atoms with E-state index in [-0.39, 0.29) is 18.2 Å². The summed E-state index contributed by atoms with van der Waals surface area (Å²) in [6.45, 7) is 6.66. The van der Waals surface area contributed by atoms with Gasteiger partial charge in [0, 0.05) is 63.0 Å².